The molecular weight excluding hydrogens is 224 g/mol. The van der Waals surface area contributed by atoms with E-state index in [1.807, 2.05) is 33.0 Å². The van der Waals surface area contributed by atoms with Crippen LogP contribution >= 0.6 is 0 Å². The molecule has 0 unspecified atom stereocenters. The molecule has 3 heteroatoms. The first-order valence-corrected chi connectivity index (χ1v) is 6.07. The zero-order valence-corrected chi connectivity index (χ0v) is 11.3. The molecule has 94 valence electrons. The van der Waals surface area contributed by atoms with Crippen LogP contribution in [0.4, 0.5) is 0 Å². The molecule has 2 aromatic rings. The van der Waals surface area contributed by atoms with E-state index in [9.17, 15) is 4.79 Å². The van der Waals surface area contributed by atoms with Gasteiger partial charge in [-0.25, -0.2) is 0 Å². The number of carbonyl (C=O) groups excluding carboxylic acids is 1. The van der Waals surface area contributed by atoms with Crippen molar-refractivity contribution in [1.29, 1.82) is 0 Å². The van der Waals surface area contributed by atoms with Gasteiger partial charge in [0, 0.05) is 11.8 Å². The Morgan fingerprint density at radius 2 is 1.78 bits per heavy atom. The summed E-state index contributed by atoms with van der Waals surface area (Å²) in [6.45, 7) is 8.34. The Bertz CT molecular complexity index is 597. The molecule has 1 heterocycles. The van der Waals surface area contributed by atoms with Gasteiger partial charge in [-0.15, -0.1) is 0 Å². The Hall–Kier alpha value is -1.90. The molecule has 0 atom stereocenters. The van der Waals surface area contributed by atoms with Crippen molar-refractivity contribution in [2.75, 3.05) is 0 Å². The zero-order chi connectivity index (χ0) is 13.3. The minimum Gasteiger partial charge on any atom is -0.292 e. The number of hydrogen-bond donors (Lipinski definition) is 0. The highest BCUT2D eigenvalue weighted by molar-refractivity contribution is 5.97. The standard InChI is InChI=1S/C15H18N2O/c1-10-7-16-17(8-10)9-15(18)14-6-12(3)11(2)5-13(14)4/h5-8H,9H2,1-4H3. The topological polar surface area (TPSA) is 34.9 Å². The lowest BCUT2D eigenvalue weighted by atomic mass is 9.98. The van der Waals surface area contributed by atoms with Gasteiger partial charge in [-0.2, -0.15) is 5.10 Å². The first kappa shape index (κ1) is 12.6. The van der Waals surface area contributed by atoms with E-state index in [0.717, 1.165) is 22.3 Å². The number of carbonyl (C=O) groups is 1. The summed E-state index contributed by atoms with van der Waals surface area (Å²) in [6, 6.07) is 4.04. The summed E-state index contributed by atoms with van der Waals surface area (Å²) in [4.78, 5) is 12.2. The van der Waals surface area contributed by atoms with Crippen molar-refractivity contribution in [3.8, 4) is 0 Å². The van der Waals surface area contributed by atoms with Gasteiger partial charge >= 0.3 is 0 Å². The maximum atomic E-state index is 12.2. The Balaban J connectivity index is 2.26. The van der Waals surface area contributed by atoms with Crippen LogP contribution in [0.15, 0.2) is 24.5 Å². The second-order valence-corrected chi connectivity index (χ2v) is 4.89. The van der Waals surface area contributed by atoms with Gasteiger partial charge < -0.3 is 0 Å². The number of aryl methyl sites for hydroxylation is 4. The van der Waals surface area contributed by atoms with Crippen molar-refractivity contribution in [2.45, 2.75) is 34.2 Å². The third-order valence-corrected chi connectivity index (χ3v) is 3.21. The van der Waals surface area contributed by atoms with E-state index >= 15 is 0 Å². The highest BCUT2D eigenvalue weighted by Crippen LogP contribution is 2.16. The first-order chi connectivity index (χ1) is 8.47. The van der Waals surface area contributed by atoms with Crippen LogP contribution in [0.3, 0.4) is 0 Å². The van der Waals surface area contributed by atoms with E-state index in [1.165, 1.54) is 5.56 Å². The second kappa shape index (κ2) is 4.77. The van der Waals surface area contributed by atoms with Crippen molar-refractivity contribution in [2.24, 2.45) is 0 Å². The van der Waals surface area contributed by atoms with Gasteiger partial charge in [0.15, 0.2) is 5.78 Å². The average molecular weight is 242 g/mol. The number of Topliss-reactive ketones (excluding diaryl/α,β-unsaturated/α-hetero) is 1. The number of aromatic nitrogens is 2. The van der Waals surface area contributed by atoms with Gasteiger partial charge in [0.2, 0.25) is 0 Å². The fourth-order valence-electron chi connectivity index (χ4n) is 2.05. The first-order valence-electron chi connectivity index (χ1n) is 6.07. The van der Waals surface area contributed by atoms with Gasteiger partial charge in [-0.3, -0.25) is 9.48 Å². The fourth-order valence-corrected chi connectivity index (χ4v) is 2.05. The van der Waals surface area contributed by atoms with Crippen LogP contribution in [0.5, 0.6) is 0 Å². The average Bonchev–Trinajstić information content (AvgIpc) is 2.69. The molecule has 0 saturated carbocycles. The molecular formula is C15H18N2O. The Morgan fingerprint density at radius 3 is 2.39 bits per heavy atom. The van der Waals surface area contributed by atoms with E-state index in [1.54, 1.807) is 10.9 Å². The molecule has 0 aliphatic heterocycles. The SMILES string of the molecule is Cc1cnn(CC(=O)c2cc(C)c(C)cc2C)c1. The van der Waals surface area contributed by atoms with Crippen LogP contribution in [0, 0.1) is 27.7 Å². The van der Waals surface area contributed by atoms with Crippen molar-refractivity contribution in [1.82, 2.24) is 9.78 Å². The third-order valence-electron chi connectivity index (χ3n) is 3.21. The molecule has 0 aliphatic rings. The monoisotopic (exact) mass is 242 g/mol. The molecule has 1 aromatic heterocycles. The van der Waals surface area contributed by atoms with Gasteiger partial charge in [-0.05, 0) is 56.0 Å². The third kappa shape index (κ3) is 2.50. The number of ketones is 1. The van der Waals surface area contributed by atoms with Gasteiger partial charge in [0.05, 0.1) is 6.20 Å². The fraction of sp³-hybridized carbons (Fsp3) is 0.333. The summed E-state index contributed by atoms with van der Waals surface area (Å²) in [5.74, 6) is 0.110. The predicted octanol–water partition coefficient (Wildman–Crippen LogP) is 3.00. The molecule has 0 amide bonds. The molecule has 0 spiro atoms. The van der Waals surface area contributed by atoms with E-state index in [0.29, 0.717) is 6.54 Å². The van der Waals surface area contributed by atoms with Crippen LogP contribution in [-0.4, -0.2) is 15.6 Å². The maximum Gasteiger partial charge on any atom is 0.184 e. The summed E-state index contributed by atoms with van der Waals surface area (Å²) in [6.07, 6.45) is 3.65. The lowest BCUT2D eigenvalue weighted by Crippen LogP contribution is -2.12. The van der Waals surface area contributed by atoms with Crippen molar-refractivity contribution < 1.29 is 4.79 Å². The minimum absolute atomic E-state index is 0.110. The molecule has 18 heavy (non-hydrogen) atoms. The summed E-state index contributed by atoms with van der Waals surface area (Å²) in [7, 11) is 0. The predicted molar refractivity (Wildman–Crippen MR) is 71.9 cm³/mol. The second-order valence-electron chi connectivity index (χ2n) is 4.89. The quantitative estimate of drug-likeness (QED) is 0.775. The van der Waals surface area contributed by atoms with Crippen LogP contribution in [0.2, 0.25) is 0 Å². The lowest BCUT2D eigenvalue weighted by molar-refractivity contribution is 0.0967. The Kier molecular flexibility index (Phi) is 3.32. The molecule has 0 N–H and O–H groups in total. The van der Waals surface area contributed by atoms with Crippen molar-refractivity contribution >= 4 is 5.78 Å². The highest BCUT2D eigenvalue weighted by Gasteiger charge is 2.11. The molecule has 0 radical (unpaired) electrons. The van der Waals surface area contributed by atoms with E-state index in [4.69, 9.17) is 0 Å². The number of nitrogens with zero attached hydrogens (tertiary/aromatic N) is 2. The van der Waals surface area contributed by atoms with Crippen LogP contribution in [0.25, 0.3) is 0 Å². The maximum absolute atomic E-state index is 12.2. The number of rotatable bonds is 3. The smallest absolute Gasteiger partial charge is 0.184 e. The van der Waals surface area contributed by atoms with Crippen molar-refractivity contribution in [3.05, 3.63) is 52.3 Å². The molecule has 1 aromatic carbocycles. The van der Waals surface area contributed by atoms with Crippen LogP contribution in [-0.2, 0) is 6.54 Å². The zero-order valence-electron chi connectivity index (χ0n) is 11.3. The minimum atomic E-state index is 0.110. The summed E-state index contributed by atoms with van der Waals surface area (Å²) < 4.78 is 1.69. The van der Waals surface area contributed by atoms with Crippen LogP contribution in [0.1, 0.15) is 32.6 Å². The number of hydrogen-bond acceptors (Lipinski definition) is 2. The largest absolute Gasteiger partial charge is 0.292 e. The molecule has 0 fully saturated rings. The van der Waals surface area contributed by atoms with Gasteiger partial charge in [-0.1, -0.05) is 6.07 Å². The normalized spacial score (nSPS) is 10.7. The van der Waals surface area contributed by atoms with Gasteiger partial charge in [0.25, 0.3) is 0 Å². The molecule has 2 rings (SSSR count). The Morgan fingerprint density at radius 1 is 1.11 bits per heavy atom. The molecule has 0 saturated heterocycles. The lowest BCUT2D eigenvalue weighted by Gasteiger charge is -2.09. The van der Waals surface area contributed by atoms with E-state index < -0.39 is 0 Å². The number of benzene rings is 1. The highest BCUT2D eigenvalue weighted by atomic mass is 16.1. The Labute approximate surface area is 107 Å². The van der Waals surface area contributed by atoms with E-state index in [-0.39, 0.29) is 5.78 Å². The summed E-state index contributed by atoms with van der Waals surface area (Å²) in [5.41, 5.74) is 5.28. The molecule has 0 bridgehead atoms. The summed E-state index contributed by atoms with van der Waals surface area (Å²) >= 11 is 0. The van der Waals surface area contributed by atoms with Crippen LogP contribution < -0.4 is 0 Å². The molecule has 0 aliphatic carbocycles. The van der Waals surface area contributed by atoms with Crippen molar-refractivity contribution in [3.63, 3.8) is 0 Å². The summed E-state index contributed by atoms with van der Waals surface area (Å²) in [5, 5.41) is 4.15. The molecule has 3 nitrogen and oxygen atoms in total. The van der Waals surface area contributed by atoms with Gasteiger partial charge in [0.1, 0.15) is 6.54 Å². The van der Waals surface area contributed by atoms with E-state index in [2.05, 4.69) is 18.1 Å².